The summed E-state index contributed by atoms with van der Waals surface area (Å²) in [6, 6.07) is 5.95. The van der Waals surface area contributed by atoms with Gasteiger partial charge >= 0.3 is 5.97 Å². The largest absolute Gasteiger partial charge is 0.494 e. The van der Waals surface area contributed by atoms with Crippen molar-refractivity contribution in [1.82, 2.24) is 4.57 Å². The zero-order valence-corrected chi connectivity index (χ0v) is 13.9. The van der Waals surface area contributed by atoms with Crippen molar-refractivity contribution < 1.29 is 14.3 Å². The SMILES string of the molecule is CCCCOc1ccc2c(c1)c(C(=O)OCC)c(C)n2CC. The predicted molar refractivity (Wildman–Crippen MR) is 88.7 cm³/mol. The van der Waals surface area contributed by atoms with E-state index in [1.54, 1.807) is 0 Å². The van der Waals surface area contributed by atoms with E-state index in [-0.39, 0.29) is 5.97 Å². The normalized spacial score (nSPS) is 10.9. The van der Waals surface area contributed by atoms with Crippen molar-refractivity contribution in [2.45, 2.75) is 47.1 Å². The fraction of sp³-hybridized carbons (Fsp3) is 0.500. The van der Waals surface area contributed by atoms with Gasteiger partial charge in [0, 0.05) is 23.1 Å². The number of hydrogen-bond acceptors (Lipinski definition) is 3. The molecule has 0 saturated heterocycles. The van der Waals surface area contributed by atoms with Gasteiger partial charge in [0.05, 0.1) is 18.8 Å². The molecule has 0 aliphatic rings. The van der Waals surface area contributed by atoms with Crippen molar-refractivity contribution in [2.24, 2.45) is 0 Å². The van der Waals surface area contributed by atoms with E-state index in [1.165, 1.54) is 0 Å². The monoisotopic (exact) mass is 303 g/mol. The van der Waals surface area contributed by atoms with Crippen molar-refractivity contribution >= 4 is 16.9 Å². The third kappa shape index (κ3) is 3.11. The smallest absolute Gasteiger partial charge is 0.340 e. The lowest BCUT2D eigenvalue weighted by molar-refractivity contribution is 0.0527. The van der Waals surface area contributed by atoms with Crippen LogP contribution < -0.4 is 4.74 Å². The minimum atomic E-state index is -0.261. The number of unbranched alkanes of at least 4 members (excludes halogenated alkanes) is 1. The highest BCUT2D eigenvalue weighted by Crippen LogP contribution is 2.30. The Morgan fingerprint density at radius 3 is 2.64 bits per heavy atom. The lowest BCUT2D eigenvalue weighted by Gasteiger charge is -2.06. The maximum atomic E-state index is 12.3. The van der Waals surface area contributed by atoms with Crippen LogP contribution in [0.3, 0.4) is 0 Å². The fourth-order valence-corrected chi connectivity index (χ4v) is 2.75. The molecule has 4 nitrogen and oxygen atoms in total. The summed E-state index contributed by atoms with van der Waals surface area (Å²) < 4.78 is 13.1. The molecule has 0 aliphatic heterocycles. The molecule has 0 amide bonds. The first-order valence-electron chi connectivity index (χ1n) is 8.06. The van der Waals surface area contributed by atoms with Gasteiger partial charge in [-0.2, -0.15) is 0 Å². The molecule has 22 heavy (non-hydrogen) atoms. The molecule has 1 heterocycles. The second-order valence-electron chi connectivity index (χ2n) is 5.31. The van der Waals surface area contributed by atoms with E-state index in [2.05, 4.69) is 18.4 Å². The maximum Gasteiger partial charge on any atom is 0.340 e. The van der Waals surface area contributed by atoms with Crippen LogP contribution in [-0.2, 0) is 11.3 Å². The van der Waals surface area contributed by atoms with Gasteiger partial charge in [0.15, 0.2) is 0 Å². The van der Waals surface area contributed by atoms with E-state index in [9.17, 15) is 4.79 Å². The molecular weight excluding hydrogens is 278 g/mol. The number of benzene rings is 1. The van der Waals surface area contributed by atoms with E-state index in [0.717, 1.165) is 41.7 Å². The number of rotatable bonds is 7. The summed E-state index contributed by atoms with van der Waals surface area (Å²) in [6.07, 6.45) is 2.12. The summed E-state index contributed by atoms with van der Waals surface area (Å²) in [4.78, 5) is 12.3. The number of ether oxygens (including phenoxy) is 2. The van der Waals surface area contributed by atoms with Crippen LogP contribution in [0.25, 0.3) is 10.9 Å². The van der Waals surface area contributed by atoms with Crippen LogP contribution in [0, 0.1) is 6.92 Å². The predicted octanol–water partition coefficient (Wildman–Crippen LogP) is 4.33. The van der Waals surface area contributed by atoms with Gasteiger partial charge in [-0.3, -0.25) is 0 Å². The van der Waals surface area contributed by atoms with Gasteiger partial charge in [-0.25, -0.2) is 4.79 Å². The Bertz CT molecular complexity index is 658. The highest BCUT2D eigenvalue weighted by molar-refractivity contribution is 6.06. The van der Waals surface area contributed by atoms with E-state index in [0.29, 0.717) is 18.8 Å². The first-order chi connectivity index (χ1) is 10.6. The van der Waals surface area contributed by atoms with E-state index < -0.39 is 0 Å². The van der Waals surface area contributed by atoms with Gasteiger partial charge in [-0.1, -0.05) is 13.3 Å². The second kappa shape index (κ2) is 7.34. The van der Waals surface area contributed by atoms with Crippen LogP contribution in [0.2, 0.25) is 0 Å². The molecule has 1 aromatic heterocycles. The Kier molecular flexibility index (Phi) is 5.47. The standard InChI is InChI=1S/C18H25NO3/c1-5-8-11-22-14-9-10-16-15(12-14)17(18(20)21-7-3)13(4)19(16)6-2/h9-10,12H,5-8,11H2,1-4H3. The van der Waals surface area contributed by atoms with Gasteiger partial charge in [0.25, 0.3) is 0 Å². The van der Waals surface area contributed by atoms with E-state index in [4.69, 9.17) is 9.47 Å². The van der Waals surface area contributed by atoms with E-state index in [1.807, 2.05) is 32.0 Å². The number of aryl methyl sites for hydroxylation is 1. The minimum Gasteiger partial charge on any atom is -0.494 e. The van der Waals surface area contributed by atoms with Crippen LogP contribution in [0.4, 0.5) is 0 Å². The molecule has 0 N–H and O–H groups in total. The molecule has 0 saturated carbocycles. The van der Waals surface area contributed by atoms with Crippen LogP contribution in [0.5, 0.6) is 5.75 Å². The highest BCUT2D eigenvalue weighted by Gasteiger charge is 2.20. The Morgan fingerprint density at radius 1 is 1.23 bits per heavy atom. The minimum absolute atomic E-state index is 0.261. The molecule has 0 atom stereocenters. The quantitative estimate of drug-likeness (QED) is 0.565. The summed E-state index contributed by atoms with van der Waals surface area (Å²) in [6.45, 7) is 9.90. The van der Waals surface area contributed by atoms with Gasteiger partial charge < -0.3 is 14.0 Å². The van der Waals surface area contributed by atoms with Crippen molar-refractivity contribution in [2.75, 3.05) is 13.2 Å². The molecule has 0 spiro atoms. The van der Waals surface area contributed by atoms with E-state index >= 15 is 0 Å². The second-order valence-corrected chi connectivity index (χ2v) is 5.31. The number of aromatic nitrogens is 1. The molecule has 2 rings (SSSR count). The third-order valence-electron chi connectivity index (χ3n) is 3.86. The first-order valence-corrected chi connectivity index (χ1v) is 8.06. The number of esters is 1. The maximum absolute atomic E-state index is 12.3. The number of hydrogen-bond donors (Lipinski definition) is 0. The van der Waals surface area contributed by atoms with Gasteiger partial charge in [-0.15, -0.1) is 0 Å². The van der Waals surface area contributed by atoms with Crippen LogP contribution in [0.15, 0.2) is 18.2 Å². The van der Waals surface area contributed by atoms with Crippen molar-refractivity contribution in [3.8, 4) is 5.75 Å². The average Bonchev–Trinajstić information content (AvgIpc) is 2.78. The third-order valence-corrected chi connectivity index (χ3v) is 3.86. The van der Waals surface area contributed by atoms with Crippen LogP contribution in [0.1, 0.15) is 49.7 Å². The summed E-state index contributed by atoms with van der Waals surface area (Å²) in [5.41, 5.74) is 2.65. The molecular formula is C18H25NO3. The Hall–Kier alpha value is -1.97. The zero-order valence-electron chi connectivity index (χ0n) is 13.9. The highest BCUT2D eigenvalue weighted by atomic mass is 16.5. The Balaban J connectivity index is 2.48. The molecule has 120 valence electrons. The summed E-state index contributed by atoms with van der Waals surface area (Å²) in [5, 5.41) is 0.909. The molecule has 0 bridgehead atoms. The molecule has 0 radical (unpaired) electrons. The van der Waals surface area contributed by atoms with Crippen LogP contribution in [-0.4, -0.2) is 23.8 Å². The number of nitrogens with zero attached hydrogens (tertiary/aromatic N) is 1. The molecule has 0 fully saturated rings. The summed E-state index contributed by atoms with van der Waals surface area (Å²) in [5.74, 6) is 0.544. The lowest BCUT2D eigenvalue weighted by Crippen LogP contribution is -2.07. The lowest BCUT2D eigenvalue weighted by atomic mass is 10.1. The van der Waals surface area contributed by atoms with Gasteiger partial charge in [0.2, 0.25) is 0 Å². The van der Waals surface area contributed by atoms with Crippen molar-refractivity contribution in [3.63, 3.8) is 0 Å². The summed E-state index contributed by atoms with van der Waals surface area (Å²) >= 11 is 0. The molecule has 0 aliphatic carbocycles. The van der Waals surface area contributed by atoms with Crippen LogP contribution >= 0.6 is 0 Å². The van der Waals surface area contributed by atoms with Crippen molar-refractivity contribution in [3.05, 3.63) is 29.5 Å². The molecule has 1 aromatic carbocycles. The average molecular weight is 303 g/mol. The molecule has 4 heteroatoms. The number of carbonyl (C=O) groups excluding carboxylic acids is 1. The fourth-order valence-electron chi connectivity index (χ4n) is 2.75. The zero-order chi connectivity index (χ0) is 16.1. The molecule has 2 aromatic rings. The Morgan fingerprint density at radius 2 is 2.00 bits per heavy atom. The first kappa shape index (κ1) is 16.4. The Labute approximate surface area is 132 Å². The van der Waals surface area contributed by atoms with Crippen molar-refractivity contribution in [1.29, 1.82) is 0 Å². The van der Waals surface area contributed by atoms with Gasteiger partial charge in [0.1, 0.15) is 5.75 Å². The molecule has 0 unspecified atom stereocenters. The number of carbonyl (C=O) groups is 1. The topological polar surface area (TPSA) is 40.5 Å². The summed E-state index contributed by atoms with van der Waals surface area (Å²) in [7, 11) is 0. The number of fused-ring (bicyclic) bond motifs is 1. The van der Waals surface area contributed by atoms with Gasteiger partial charge in [-0.05, 0) is 45.4 Å².